The van der Waals surface area contributed by atoms with E-state index in [4.69, 9.17) is 12.8 Å². The Morgan fingerprint density at radius 3 is 2.87 bits per heavy atom. The predicted octanol–water partition coefficient (Wildman–Crippen LogP) is 3.18. The smallest absolute Gasteiger partial charge is 0.142 e. The van der Waals surface area contributed by atoms with E-state index in [1.165, 1.54) is 5.56 Å². The standard InChI is InChI=1S/C19H16BN3/c20-19-14-9-10-21-16(14)18-17(23-19)13-8-4-7-12(13)15(22-18)11-5-2-1-3-6-11/h1-6,8-10,12-13,15,21-22H,7H2. The van der Waals surface area contributed by atoms with Crippen LogP contribution in [0.3, 0.4) is 0 Å². The van der Waals surface area contributed by atoms with Crippen molar-refractivity contribution in [2.75, 3.05) is 5.32 Å². The molecule has 1 aromatic carbocycles. The van der Waals surface area contributed by atoms with E-state index in [0.717, 1.165) is 28.7 Å². The van der Waals surface area contributed by atoms with E-state index in [1.807, 2.05) is 12.3 Å². The van der Waals surface area contributed by atoms with Crippen molar-refractivity contribution in [2.24, 2.45) is 5.92 Å². The average molecular weight is 297 g/mol. The molecule has 3 heterocycles. The third-order valence-electron chi connectivity index (χ3n) is 5.19. The fourth-order valence-electron chi connectivity index (χ4n) is 4.11. The first-order valence-corrected chi connectivity index (χ1v) is 8.07. The molecule has 1 aliphatic carbocycles. The van der Waals surface area contributed by atoms with Gasteiger partial charge in [0.1, 0.15) is 7.85 Å². The molecule has 3 unspecified atom stereocenters. The maximum atomic E-state index is 6.17. The van der Waals surface area contributed by atoms with Crippen LogP contribution in [0.25, 0.3) is 10.9 Å². The van der Waals surface area contributed by atoms with Crippen molar-refractivity contribution in [2.45, 2.75) is 18.4 Å². The van der Waals surface area contributed by atoms with Crippen molar-refractivity contribution >= 4 is 30.0 Å². The first-order valence-electron chi connectivity index (χ1n) is 8.07. The van der Waals surface area contributed by atoms with Gasteiger partial charge >= 0.3 is 0 Å². The van der Waals surface area contributed by atoms with Crippen LogP contribution in [-0.4, -0.2) is 17.8 Å². The number of aromatic nitrogens is 2. The van der Waals surface area contributed by atoms with Gasteiger partial charge in [-0.1, -0.05) is 42.5 Å². The molecule has 2 N–H and O–H groups in total. The van der Waals surface area contributed by atoms with Gasteiger partial charge in [-0.25, -0.2) is 0 Å². The molecule has 3 nitrogen and oxygen atoms in total. The number of hydrogen-bond acceptors (Lipinski definition) is 2. The molecule has 110 valence electrons. The number of nitrogens with one attached hydrogen (secondary N) is 2. The second kappa shape index (κ2) is 4.75. The number of H-pyrrole nitrogens is 1. The molecule has 5 rings (SSSR count). The van der Waals surface area contributed by atoms with Gasteiger partial charge < -0.3 is 10.3 Å². The van der Waals surface area contributed by atoms with E-state index < -0.39 is 0 Å². The van der Waals surface area contributed by atoms with Gasteiger partial charge in [-0.2, -0.15) is 0 Å². The molecule has 0 fully saturated rings. The Balaban J connectivity index is 1.73. The monoisotopic (exact) mass is 297 g/mol. The Kier molecular flexibility index (Phi) is 2.69. The quantitative estimate of drug-likeness (QED) is 0.535. The van der Waals surface area contributed by atoms with Crippen molar-refractivity contribution in [1.29, 1.82) is 0 Å². The van der Waals surface area contributed by atoms with Crippen molar-refractivity contribution < 1.29 is 0 Å². The molecule has 2 aromatic heterocycles. The first kappa shape index (κ1) is 13.0. The molecular formula is C19H16BN3. The Hall–Kier alpha value is -2.49. The minimum atomic E-state index is 0.292. The van der Waals surface area contributed by atoms with Gasteiger partial charge in [0.05, 0.1) is 22.9 Å². The lowest BCUT2D eigenvalue weighted by Crippen LogP contribution is -2.31. The lowest BCUT2D eigenvalue weighted by Gasteiger charge is -2.37. The maximum Gasteiger partial charge on any atom is 0.142 e. The molecule has 0 saturated carbocycles. The second-order valence-electron chi connectivity index (χ2n) is 6.41. The number of anilines is 1. The number of nitrogens with zero attached hydrogens (tertiary/aromatic N) is 1. The summed E-state index contributed by atoms with van der Waals surface area (Å²) in [4.78, 5) is 8.06. The van der Waals surface area contributed by atoms with Gasteiger partial charge in [0.25, 0.3) is 0 Å². The third kappa shape index (κ3) is 1.81. The zero-order valence-electron chi connectivity index (χ0n) is 12.7. The molecule has 0 bridgehead atoms. The van der Waals surface area contributed by atoms with Crippen molar-refractivity contribution in [1.82, 2.24) is 9.97 Å². The minimum Gasteiger partial charge on any atom is -0.375 e. The van der Waals surface area contributed by atoms with E-state index in [9.17, 15) is 0 Å². The first-order chi connectivity index (χ1) is 11.3. The van der Waals surface area contributed by atoms with Crippen molar-refractivity contribution in [3.05, 3.63) is 66.0 Å². The van der Waals surface area contributed by atoms with Gasteiger partial charge in [0.2, 0.25) is 0 Å². The van der Waals surface area contributed by atoms with Crippen molar-refractivity contribution in [3.63, 3.8) is 0 Å². The summed E-state index contributed by atoms with van der Waals surface area (Å²) < 4.78 is 0. The van der Waals surface area contributed by atoms with Gasteiger partial charge in [-0.15, -0.1) is 0 Å². The number of rotatable bonds is 1. The zero-order chi connectivity index (χ0) is 15.4. The number of pyridine rings is 1. The summed E-state index contributed by atoms with van der Waals surface area (Å²) >= 11 is 0. The second-order valence-corrected chi connectivity index (χ2v) is 6.41. The van der Waals surface area contributed by atoms with Crippen LogP contribution in [0.15, 0.2) is 54.7 Å². The van der Waals surface area contributed by atoms with Crippen LogP contribution in [0.1, 0.15) is 29.6 Å². The lowest BCUT2D eigenvalue weighted by molar-refractivity contribution is 0.420. The zero-order valence-corrected chi connectivity index (χ0v) is 12.7. The Morgan fingerprint density at radius 1 is 1.13 bits per heavy atom. The van der Waals surface area contributed by atoms with E-state index in [0.29, 0.717) is 23.5 Å². The molecule has 4 heteroatoms. The number of allylic oxidation sites excluding steroid dienone is 2. The lowest BCUT2D eigenvalue weighted by atomic mass is 9.78. The molecule has 2 radical (unpaired) electrons. The van der Waals surface area contributed by atoms with Crippen LogP contribution in [0.4, 0.5) is 5.69 Å². The van der Waals surface area contributed by atoms with Crippen LogP contribution >= 0.6 is 0 Å². The minimum absolute atomic E-state index is 0.292. The summed E-state index contributed by atoms with van der Waals surface area (Å²) in [6.07, 6.45) is 7.57. The molecule has 0 amide bonds. The summed E-state index contributed by atoms with van der Waals surface area (Å²) in [5, 5.41) is 4.74. The molecule has 3 aromatic rings. The maximum absolute atomic E-state index is 6.17. The van der Waals surface area contributed by atoms with Crippen LogP contribution in [0.5, 0.6) is 0 Å². The molecular weight excluding hydrogens is 281 g/mol. The van der Waals surface area contributed by atoms with Crippen molar-refractivity contribution in [3.8, 4) is 0 Å². The number of hydrogen-bond donors (Lipinski definition) is 2. The van der Waals surface area contributed by atoms with Crippen LogP contribution < -0.4 is 10.9 Å². The van der Waals surface area contributed by atoms with Crippen LogP contribution in [0, 0.1) is 5.92 Å². The highest BCUT2D eigenvalue weighted by molar-refractivity contribution is 6.37. The molecule has 3 atom stereocenters. The Morgan fingerprint density at radius 2 is 2.00 bits per heavy atom. The molecule has 23 heavy (non-hydrogen) atoms. The van der Waals surface area contributed by atoms with Crippen LogP contribution in [-0.2, 0) is 0 Å². The average Bonchev–Trinajstić information content (AvgIpc) is 3.25. The highest BCUT2D eigenvalue weighted by Crippen LogP contribution is 2.50. The molecule has 0 saturated heterocycles. The van der Waals surface area contributed by atoms with E-state index in [1.54, 1.807) is 0 Å². The summed E-state index contributed by atoms with van der Waals surface area (Å²) in [5.74, 6) is 0.815. The largest absolute Gasteiger partial charge is 0.375 e. The summed E-state index contributed by atoms with van der Waals surface area (Å²) in [5.41, 5.74) is 5.17. The molecule has 0 spiro atoms. The van der Waals surface area contributed by atoms with Gasteiger partial charge in [0.15, 0.2) is 0 Å². The topological polar surface area (TPSA) is 40.7 Å². The fraction of sp³-hybridized carbons (Fsp3) is 0.211. The Bertz CT molecular complexity index is 913. The van der Waals surface area contributed by atoms with E-state index >= 15 is 0 Å². The number of aromatic amines is 1. The summed E-state index contributed by atoms with van der Waals surface area (Å²) in [6.45, 7) is 0. The van der Waals surface area contributed by atoms with Gasteiger partial charge in [-0.05, 0) is 29.6 Å². The van der Waals surface area contributed by atoms with Gasteiger partial charge in [-0.3, -0.25) is 4.98 Å². The Labute approximate surface area is 136 Å². The molecule has 1 aliphatic heterocycles. The molecule has 2 aliphatic rings. The highest BCUT2D eigenvalue weighted by Gasteiger charge is 2.39. The van der Waals surface area contributed by atoms with Crippen LogP contribution in [0.2, 0.25) is 0 Å². The van der Waals surface area contributed by atoms with E-state index in [-0.39, 0.29) is 0 Å². The third-order valence-corrected chi connectivity index (χ3v) is 5.19. The van der Waals surface area contributed by atoms with Gasteiger partial charge in [0, 0.05) is 17.5 Å². The summed E-state index contributed by atoms with van der Waals surface area (Å²) in [6, 6.07) is 13.0. The normalized spacial score (nSPS) is 25.1. The highest BCUT2D eigenvalue weighted by atomic mass is 15.0. The van der Waals surface area contributed by atoms with E-state index in [2.05, 4.69) is 52.8 Å². The predicted molar refractivity (Wildman–Crippen MR) is 94.3 cm³/mol. The SMILES string of the molecule is [B]c1nc2c(c3[nH]ccc13)NC(c1ccccc1)C1CC=CC21. The fourth-order valence-corrected chi connectivity index (χ4v) is 4.11. The number of benzene rings is 1. The number of fused-ring (bicyclic) bond motifs is 5. The summed E-state index contributed by atoms with van der Waals surface area (Å²) in [7, 11) is 6.17.